The quantitative estimate of drug-likeness (QED) is 0.352. The molecule has 0 aromatic rings. The summed E-state index contributed by atoms with van der Waals surface area (Å²) < 4.78 is 0. The first-order valence-electron chi connectivity index (χ1n) is 8.58. The first kappa shape index (κ1) is 20.3. The van der Waals surface area contributed by atoms with E-state index in [9.17, 15) is 14.7 Å². The average Bonchev–Trinajstić information content (AvgIpc) is 2.38. The van der Waals surface area contributed by atoms with Crippen molar-refractivity contribution < 1.29 is 14.7 Å². The molecule has 0 saturated heterocycles. The summed E-state index contributed by atoms with van der Waals surface area (Å²) >= 11 is 0. The number of hydrogen-bond acceptors (Lipinski definition) is 3. The van der Waals surface area contributed by atoms with Gasteiger partial charge >= 0.3 is 125 Å². The summed E-state index contributed by atoms with van der Waals surface area (Å²) in [5.74, 6) is 0. The molecule has 2 unspecified atom stereocenters. The van der Waals surface area contributed by atoms with Gasteiger partial charge < -0.3 is 0 Å². The molecule has 4 heteroatoms. The Balaban J connectivity index is 4.82. The van der Waals surface area contributed by atoms with E-state index in [-0.39, 0.29) is 11.3 Å². The van der Waals surface area contributed by atoms with Gasteiger partial charge in [0.1, 0.15) is 0 Å². The van der Waals surface area contributed by atoms with Gasteiger partial charge in [0, 0.05) is 0 Å². The minimum atomic E-state index is -4.54. The summed E-state index contributed by atoms with van der Waals surface area (Å²) in [4.78, 5) is 32.2. The second-order valence-corrected chi connectivity index (χ2v) is 9.91. The van der Waals surface area contributed by atoms with Crippen LogP contribution in [0.15, 0.2) is 0 Å². The molecule has 0 fully saturated rings. The van der Waals surface area contributed by atoms with Gasteiger partial charge in [-0.15, -0.1) is 0 Å². The number of rotatable bonds is 12. The van der Waals surface area contributed by atoms with Gasteiger partial charge in [-0.1, -0.05) is 0 Å². The molecule has 0 spiro atoms. The van der Waals surface area contributed by atoms with Crippen molar-refractivity contribution in [3.8, 4) is 0 Å². The van der Waals surface area contributed by atoms with Crippen LogP contribution in [0.2, 0.25) is 0 Å². The fraction of sp³-hybridized carbons (Fsp3) is 1.00. The summed E-state index contributed by atoms with van der Waals surface area (Å²) in [5.41, 5.74) is -0.668. The van der Waals surface area contributed by atoms with E-state index >= 15 is 0 Å². The zero-order chi connectivity index (χ0) is 15.7. The Kier molecular flexibility index (Phi) is 9.50. The molecule has 0 aliphatic rings. The van der Waals surface area contributed by atoms with Crippen molar-refractivity contribution in [2.75, 3.05) is 0 Å². The van der Waals surface area contributed by atoms with Crippen LogP contribution in [0.3, 0.4) is 0 Å². The van der Waals surface area contributed by atoms with E-state index in [0.29, 0.717) is 12.8 Å². The van der Waals surface area contributed by atoms with Gasteiger partial charge in [-0.25, -0.2) is 0 Å². The van der Waals surface area contributed by atoms with E-state index in [0.717, 1.165) is 51.4 Å². The van der Waals surface area contributed by atoms with E-state index in [2.05, 4.69) is 13.8 Å². The topological polar surface area (TPSA) is 60.7 Å². The zero-order valence-electron chi connectivity index (χ0n) is 14.0. The number of unbranched alkanes of at least 4 members (excludes halogenated alkanes) is 4. The standard InChI is InChI=1S/C16H37O3P/c1-5-9-11-13-15(7-3)20(17,18,19)16(8-4)14-12-10-6-2/h15-19H,5-14H2,1-4H3. The van der Waals surface area contributed by atoms with Crippen molar-refractivity contribution in [1.82, 2.24) is 0 Å². The van der Waals surface area contributed by atoms with Crippen molar-refractivity contribution in [3.63, 3.8) is 0 Å². The predicted octanol–water partition coefficient (Wildman–Crippen LogP) is 4.98. The van der Waals surface area contributed by atoms with E-state index in [1.165, 1.54) is 0 Å². The third-order valence-corrected chi connectivity index (χ3v) is 8.68. The molecule has 0 aliphatic carbocycles. The summed E-state index contributed by atoms with van der Waals surface area (Å²) in [5, 5.41) is 0. The number of hydrogen-bond donors (Lipinski definition) is 3. The fourth-order valence-corrected chi connectivity index (χ4v) is 6.52. The normalized spacial score (nSPS) is 17.4. The Morgan fingerprint density at radius 1 is 0.650 bits per heavy atom. The van der Waals surface area contributed by atoms with Crippen molar-refractivity contribution >= 4 is 7.28 Å². The molecule has 0 saturated carbocycles. The van der Waals surface area contributed by atoms with Crippen LogP contribution in [0.1, 0.15) is 91.9 Å². The average molecular weight is 308 g/mol. The van der Waals surface area contributed by atoms with Gasteiger partial charge in [0.15, 0.2) is 0 Å². The van der Waals surface area contributed by atoms with E-state index in [4.69, 9.17) is 0 Å². The van der Waals surface area contributed by atoms with Crippen LogP contribution in [-0.2, 0) is 0 Å². The fourth-order valence-electron chi connectivity index (χ4n) is 3.16. The van der Waals surface area contributed by atoms with Gasteiger partial charge in [-0.2, -0.15) is 0 Å². The third kappa shape index (κ3) is 5.97. The van der Waals surface area contributed by atoms with Gasteiger partial charge in [-0.05, 0) is 0 Å². The Labute approximate surface area is 126 Å². The SMILES string of the molecule is CCCCCC(CC)P(O)(O)(O)C(CC)CCCCC. The monoisotopic (exact) mass is 308 g/mol. The molecular weight excluding hydrogens is 271 g/mol. The van der Waals surface area contributed by atoms with E-state index in [1.807, 2.05) is 13.8 Å². The summed E-state index contributed by atoms with van der Waals surface area (Å²) in [6.07, 6.45) is 9.12. The van der Waals surface area contributed by atoms with Crippen molar-refractivity contribution in [1.29, 1.82) is 0 Å². The second kappa shape index (κ2) is 9.35. The van der Waals surface area contributed by atoms with Gasteiger partial charge in [0.2, 0.25) is 0 Å². The molecule has 20 heavy (non-hydrogen) atoms. The Morgan fingerprint density at radius 2 is 1.00 bits per heavy atom. The molecule has 0 amide bonds. The van der Waals surface area contributed by atoms with Crippen molar-refractivity contribution in [2.24, 2.45) is 0 Å². The first-order valence-corrected chi connectivity index (χ1v) is 10.8. The maximum atomic E-state index is 10.7. The first-order chi connectivity index (χ1) is 9.32. The van der Waals surface area contributed by atoms with Crippen LogP contribution in [0.5, 0.6) is 0 Å². The van der Waals surface area contributed by atoms with Crippen LogP contribution in [0, 0.1) is 0 Å². The zero-order valence-corrected chi connectivity index (χ0v) is 14.9. The van der Waals surface area contributed by atoms with E-state index < -0.39 is 7.28 Å². The van der Waals surface area contributed by atoms with Gasteiger partial charge in [0.05, 0.1) is 0 Å². The van der Waals surface area contributed by atoms with Crippen LogP contribution in [0.25, 0.3) is 0 Å². The molecule has 0 aromatic carbocycles. The van der Waals surface area contributed by atoms with Crippen molar-refractivity contribution in [2.45, 2.75) is 103 Å². The molecule has 0 aliphatic heterocycles. The Hall–Kier alpha value is 0.310. The molecule has 124 valence electrons. The molecule has 0 rings (SSSR count). The molecular formula is C16H37O3P. The van der Waals surface area contributed by atoms with Crippen LogP contribution < -0.4 is 0 Å². The molecule has 0 heterocycles. The summed E-state index contributed by atoms with van der Waals surface area (Å²) in [6, 6.07) is 0. The van der Waals surface area contributed by atoms with Crippen LogP contribution in [-0.4, -0.2) is 26.0 Å². The van der Waals surface area contributed by atoms with Gasteiger partial charge in [-0.3, -0.25) is 0 Å². The summed E-state index contributed by atoms with van der Waals surface area (Å²) in [7, 11) is -4.54. The van der Waals surface area contributed by atoms with E-state index in [1.54, 1.807) is 0 Å². The van der Waals surface area contributed by atoms with Gasteiger partial charge in [0.25, 0.3) is 0 Å². The summed E-state index contributed by atoms with van der Waals surface area (Å²) in [6.45, 7) is 8.19. The molecule has 2 atom stereocenters. The molecule has 3 N–H and O–H groups in total. The second-order valence-electron chi connectivity index (χ2n) is 6.23. The molecule has 0 bridgehead atoms. The Bertz CT molecular complexity index is 226. The third-order valence-electron chi connectivity index (χ3n) is 4.63. The van der Waals surface area contributed by atoms with Crippen molar-refractivity contribution in [3.05, 3.63) is 0 Å². The molecule has 0 aromatic heterocycles. The maximum absolute atomic E-state index is 10.7. The Morgan fingerprint density at radius 3 is 1.25 bits per heavy atom. The molecule has 0 radical (unpaired) electrons. The van der Waals surface area contributed by atoms with Crippen LogP contribution >= 0.6 is 7.28 Å². The minimum absolute atomic E-state index is 0.334. The molecule has 3 nitrogen and oxygen atoms in total. The predicted molar refractivity (Wildman–Crippen MR) is 90.0 cm³/mol. The van der Waals surface area contributed by atoms with Crippen LogP contribution in [0.4, 0.5) is 0 Å².